The monoisotopic (exact) mass is 427 g/mol. The van der Waals surface area contributed by atoms with Crippen LogP contribution in [0.5, 0.6) is 0 Å². The third-order valence-electron chi connectivity index (χ3n) is 5.15. The maximum absolute atomic E-state index is 12.8. The van der Waals surface area contributed by atoms with Crippen LogP contribution in [0.3, 0.4) is 0 Å². The minimum Gasteiger partial charge on any atom is -0.362 e. The first-order valence-corrected chi connectivity index (χ1v) is 9.73. The number of amides is 1. The van der Waals surface area contributed by atoms with Gasteiger partial charge in [0.2, 0.25) is 5.91 Å². The summed E-state index contributed by atoms with van der Waals surface area (Å²) in [5.74, 6) is -0.182. The number of nitro groups is 1. The number of rotatable bonds is 4. The van der Waals surface area contributed by atoms with E-state index in [4.69, 9.17) is 11.6 Å². The van der Waals surface area contributed by atoms with Crippen molar-refractivity contribution in [3.05, 3.63) is 74.2 Å². The second kappa shape index (κ2) is 8.11. The molecule has 1 aliphatic rings. The molecular formula is C20H18ClN5O4. The van der Waals surface area contributed by atoms with Crippen LogP contribution in [0.25, 0.3) is 11.0 Å². The highest BCUT2D eigenvalue weighted by Gasteiger charge is 2.26. The van der Waals surface area contributed by atoms with Gasteiger partial charge in [0.1, 0.15) is 12.2 Å². The van der Waals surface area contributed by atoms with Gasteiger partial charge in [-0.1, -0.05) is 23.7 Å². The minimum absolute atomic E-state index is 0.0583. The standard InChI is InChI=1S/C20H18ClN5O4/c21-14-5-6-17(18(11-14)26(29)30)23-7-9-24(10-8-23)20(28)13-25-16-4-2-1-3-15(16)22-12-19(25)27/h1-6,11-12H,7-10,13H2. The van der Waals surface area contributed by atoms with E-state index in [-0.39, 0.29) is 23.7 Å². The van der Waals surface area contributed by atoms with E-state index in [0.717, 1.165) is 0 Å². The van der Waals surface area contributed by atoms with Gasteiger partial charge in [-0.2, -0.15) is 0 Å². The molecule has 1 fully saturated rings. The maximum Gasteiger partial charge on any atom is 0.294 e. The van der Waals surface area contributed by atoms with Crippen LogP contribution in [0.2, 0.25) is 5.02 Å². The molecule has 0 radical (unpaired) electrons. The SMILES string of the molecule is O=C(Cn1c(=O)cnc2ccccc21)N1CCN(c2ccc(Cl)cc2[N+](=O)[O-])CC1. The maximum atomic E-state index is 12.8. The van der Waals surface area contributed by atoms with E-state index < -0.39 is 4.92 Å². The number of nitro benzene ring substituents is 1. The molecule has 0 spiro atoms. The molecule has 1 saturated heterocycles. The average Bonchev–Trinajstić information content (AvgIpc) is 2.75. The minimum atomic E-state index is -0.459. The van der Waals surface area contributed by atoms with Gasteiger partial charge in [0.15, 0.2) is 0 Å². The fourth-order valence-corrected chi connectivity index (χ4v) is 3.79. The largest absolute Gasteiger partial charge is 0.362 e. The summed E-state index contributed by atoms with van der Waals surface area (Å²) in [6, 6.07) is 11.7. The highest BCUT2D eigenvalue weighted by Crippen LogP contribution is 2.31. The van der Waals surface area contributed by atoms with E-state index in [1.807, 2.05) is 11.0 Å². The predicted molar refractivity (Wildman–Crippen MR) is 113 cm³/mol. The molecule has 0 aliphatic carbocycles. The Morgan fingerprint density at radius 2 is 1.87 bits per heavy atom. The van der Waals surface area contributed by atoms with Crippen molar-refractivity contribution in [2.45, 2.75) is 6.54 Å². The lowest BCUT2D eigenvalue weighted by atomic mass is 10.2. The van der Waals surface area contributed by atoms with Crippen LogP contribution in [-0.4, -0.2) is 51.5 Å². The zero-order chi connectivity index (χ0) is 21.3. The second-order valence-electron chi connectivity index (χ2n) is 6.93. The van der Waals surface area contributed by atoms with Crippen LogP contribution in [0.15, 0.2) is 53.5 Å². The fourth-order valence-electron chi connectivity index (χ4n) is 3.62. The van der Waals surface area contributed by atoms with Crippen molar-refractivity contribution < 1.29 is 9.72 Å². The Balaban J connectivity index is 1.48. The quantitative estimate of drug-likeness (QED) is 0.467. The van der Waals surface area contributed by atoms with Crippen LogP contribution < -0.4 is 10.5 Å². The highest BCUT2D eigenvalue weighted by molar-refractivity contribution is 6.30. The number of aromatic nitrogens is 2. The molecule has 2 heterocycles. The van der Waals surface area contributed by atoms with Gasteiger partial charge >= 0.3 is 0 Å². The van der Waals surface area contributed by atoms with Crippen LogP contribution >= 0.6 is 11.6 Å². The van der Waals surface area contributed by atoms with Crippen molar-refractivity contribution in [2.24, 2.45) is 0 Å². The number of halogens is 1. The van der Waals surface area contributed by atoms with Crippen LogP contribution in [-0.2, 0) is 11.3 Å². The molecule has 9 nitrogen and oxygen atoms in total. The molecule has 1 aromatic heterocycles. The summed E-state index contributed by atoms with van der Waals surface area (Å²) >= 11 is 5.89. The van der Waals surface area contributed by atoms with Gasteiger partial charge in [0.25, 0.3) is 11.2 Å². The summed E-state index contributed by atoms with van der Waals surface area (Å²) in [6.07, 6.45) is 1.22. The van der Waals surface area contributed by atoms with E-state index >= 15 is 0 Å². The normalized spacial score (nSPS) is 14.2. The summed E-state index contributed by atoms with van der Waals surface area (Å²) in [5.41, 5.74) is 1.33. The number of nitrogens with zero attached hydrogens (tertiary/aromatic N) is 5. The number of piperazine rings is 1. The summed E-state index contributed by atoms with van der Waals surface area (Å²) < 4.78 is 1.42. The first kappa shape index (κ1) is 19.8. The average molecular weight is 428 g/mol. The summed E-state index contributed by atoms with van der Waals surface area (Å²) in [6.45, 7) is 1.61. The predicted octanol–water partition coefficient (Wildman–Crippen LogP) is 2.31. The Bertz CT molecular complexity index is 1190. The zero-order valence-electron chi connectivity index (χ0n) is 15.9. The Labute approximate surface area is 176 Å². The number of fused-ring (bicyclic) bond motifs is 1. The Hall–Kier alpha value is -3.46. The second-order valence-corrected chi connectivity index (χ2v) is 7.37. The molecule has 3 aromatic rings. The van der Waals surface area contributed by atoms with Crippen molar-refractivity contribution in [3.63, 3.8) is 0 Å². The van der Waals surface area contributed by atoms with Gasteiger partial charge in [-0.05, 0) is 24.3 Å². The lowest BCUT2D eigenvalue weighted by Crippen LogP contribution is -2.50. The Morgan fingerprint density at radius 1 is 1.13 bits per heavy atom. The summed E-state index contributed by atoms with van der Waals surface area (Å²) in [4.78, 5) is 43.6. The Morgan fingerprint density at radius 3 is 2.60 bits per heavy atom. The molecule has 1 aliphatic heterocycles. The lowest BCUT2D eigenvalue weighted by molar-refractivity contribution is -0.384. The lowest BCUT2D eigenvalue weighted by Gasteiger charge is -2.36. The van der Waals surface area contributed by atoms with Gasteiger partial charge < -0.3 is 9.80 Å². The summed E-state index contributed by atoms with van der Waals surface area (Å²) in [7, 11) is 0. The molecule has 30 heavy (non-hydrogen) atoms. The van der Waals surface area contributed by atoms with Crippen LogP contribution in [0, 0.1) is 10.1 Å². The number of carbonyl (C=O) groups excluding carboxylic acids is 1. The van der Waals surface area contributed by atoms with Crippen molar-refractivity contribution in [1.82, 2.24) is 14.5 Å². The molecular weight excluding hydrogens is 410 g/mol. The molecule has 154 valence electrons. The van der Waals surface area contributed by atoms with E-state index in [2.05, 4.69) is 4.98 Å². The van der Waals surface area contributed by atoms with Crippen molar-refractivity contribution in [3.8, 4) is 0 Å². The molecule has 1 amide bonds. The number of benzene rings is 2. The van der Waals surface area contributed by atoms with Gasteiger partial charge in [-0.3, -0.25) is 24.3 Å². The van der Waals surface area contributed by atoms with E-state index in [9.17, 15) is 19.7 Å². The van der Waals surface area contributed by atoms with Crippen LogP contribution in [0.1, 0.15) is 0 Å². The number of hydrogen-bond donors (Lipinski definition) is 0. The molecule has 0 bridgehead atoms. The number of para-hydroxylation sites is 2. The zero-order valence-corrected chi connectivity index (χ0v) is 16.7. The van der Waals surface area contributed by atoms with Crippen molar-refractivity contribution in [2.75, 3.05) is 31.1 Å². The Kier molecular flexibility index (Phi) is 5.37. The van der Waals surface area contributed by atoms with Gasteiger partial charge in [-0.25, -0.2) is 4.98 Å². The third-order valence-corrected chi connectivity index (χ3v) is 5.39. The molecule has 4 rings (SSSR count). The highest BCUT2D eigenvalue weighted by atomic mass is 35.5. The molecule has 2 aromatic carbocycles. The van der Waals surface area contributed by atoms with Crippen molar-refractivity contribution in [1.29, 1.82) is 0 Å². The van der Waals surface area contributed by atoms with E-state index in [1.165, 1.54) is 16.8 Å². The van der Waals surface area contributed by atoms with E-state index in [0.29, 0.717) is 47.9 Å². The van der Waals surface area contributed by atoms with Crippen molar-refractivity contribution >= 4 is 39.9 Å². The topological polar surface area (TPSA) is 102 Å². The van der Waals surface area contributed by atoms with Gasteiger partial charge in [0.05, 0.1) is 22.2 Å². The summed E-state index contributed by atoms with van der Waals surface area (Å²) in [5, 5.41) is 11.6. The first-order valence-electron chi connectivity index (χ1n) is 9.35. The van der Waals surface area contributed by atoms with E-state index in [1.54, 1.807) is 35.2 Å². The number of anilines is 1. The molecule has 0 saturated carbocycles. The number of carbonyl (C=O) groups is 1. The molecule has 0 atom stereocenters. The van der Waals surface area contributed by atoms with Gasteiger partial charge in [0, 0.05) is 37.3 Å². The fraction of sp³-hybridized carbons (Fsp3) is 0.250. The number of hydrogen-bond acceptors (Lipinski definition) is 6. The third kappa shape index (κ3) is 3.84. The van der Waals surface area contributed by atoms with Gasteiger partial charge in [-0.15, -0.1) is 0 Å². The molecule has 10 heteroatoms. The molecule has 0 unspecified atom stereocenters. The van der Waals surface area contributed by atoms with Crippen LogP contribution in [0.4, 0.5) is 11.4 Å². The first-order chi connectivity index (χ1) is 14.4. The smallest absolute Gasteiger partial charge is 0.294 e. The molecule has 0 N–H and O–H groups in total.